The first-order chi connectivity index (χ1) is 17.1. The van der Waals surface area contributed by atoms with Crippen LogP contribution in [0.2, 0.25) is 0 Å². The summed E-state index contributed by atoms with van der Waals surface area (Å²) < 4.78 is 62.4. The van der Waals surface area contributed by atoms with Crippen molar-refractivity contribution in [2.45, 2.75) is 38.3 Å². The minimum atomic E-state index is -4.60. The van der Waals surface area contributed by atoms with E-state index in [1.54, 1.807) is 4.40 Å². The van der Waals surface area contributed by atoms with Crippen molar-refractivity contribution in [2.24, 2.45) is 5.92 Å². The molecule has 2 aliphatic heterocycles. The van der Waals surface area contributed by atoms with Gasteiger partial charge in [0.15, 0.2) is 0 Å². The first kappa shape index (κ1) is 22.7. The summed E-state index contributed by atoms with van der Waals surface area (Å²) in [4.78, 5) is 27.3. The summed E-state index contributed by atoms with van der Waals surface area (Å²) in [5.41, 5.74) is 6.54. The van der Waals surface area contributed by atoms with Crippen molar-refractivity contribution in [3.8, 4) is 0 Å². The number of hydrogen-bond donors (Lipinski definition) is 1. The van der Waals surface area contributed by atoms with E-state index in [-0.39, 0.29) is 41.7 Å². The van der Waals surface area contributed by atoms with E-state index >= 15 is 4.39 Å². The Morgan fingerprint density at radius 1 is 1.19 bits per heavy atom. The second-order valence-electron chi connectivity index (χ2n) is 9.29. The van der Waals surface area contributed by atoms with E-state index in [2.05, 4.69) is 15.0 Å². The maximum atomic E-state index is 15.3. The first-order valence-electron chi connectivity index (χ1n) is 11.3. The Morgan fingerprint density at radius 2 is 2.00 bits per heavy atom. The number of nitrogens with zero attached hydrogens (tertiary/aromatic N) is 5. The Kier molecular flexibility index (Phi) is 4.94. The molecule has 3 unspecified atom stereocenters. The minimum Gasteiger partial charge on any atom is -0.382 e. The minimum absolute atomic E-state index is 0.0319. The Morgan fingerprint density at radius 3 is 2.78 bits per heavy atom. The Balaban J connectivity index is 1.46. The van der Waals surface area contributed by atoms with Crippen LogP contribution in [0.3, 0.4) is 0 Å². The number of halogens is 4. The summed E-state index contributed by atoms with van der Waals surface area (Å²) in [7, 11) is 0. The third kappa shape index (κ3) is 3.47. The molecule has 2 aliphatic rings. The fourth-order valence-corrected chi connectivity index (χ4v) is 5.24. The van der Waals surface area contributed by atoms with E-state index in [4.69, 9.17) is 10.5 Å². The van der Waals surface area contributed by atoms with E-state index in [0.29, 0.717) is 23.0 Å². The Bertz CT molecular complexity index is 1530. The number of benzene rings is 1. The first-order valence-corrected chi connectivity index (χ1v) is 11.3. The molecule has 5 heterocycles. The van der Waals surface area contributed by atoms with Gasteiger partial charge in [-0.15, -0.1) is 0 Å². The molecule has 186 valence electrons. The second-order valence-corrected chi connectivity index (χ2v) is 9.29. The number of anilines is 1. The summed E-state index contributed by atoms with van der Waals surface area (Å²) >= 11 is 0. The lowest BCUT2D eigenvalue weighted by Gasteiger charge is -2.46. The standard InChI is InChI=1S/C24H20F4N6O2/c1-11-4-19-21(12-2-3-20(24(26,27)28)31-16(12)9-36-19)33(8-11)23(35)13-5-17-15(6-14(13)25)32-22(29)18-7-30-10-34(17)18/h2-3,5-7,10-11,19,21H,4,8-9H2,1H3,(H2,29,32). The third-order valence-electron chi connectivity index (χ3n) is 6.84. The van der Waals surface area contributed by atoms with E-state index in [1.165, 1.54) is 29.6 Å². The second kappa shape index (κ2) is 7.85. The predicted octanol–water partition coefficient (Wildman–Crippen LogP) is 4.14. The van der Waals surface area contributed by atoms with Crippen molar-refractivity contribution in [1.82, 2.24) is 24.3 Å². The topological polar surface area (TPSA) is 98.6 Å². The van der Waals surface area contributed by atoms with Gasteiger partial charge in [-0.2, -0.15) is 13.2 Å². The molecule has 0 aliphatic carbocycles. The van der Waals surface area contributed by atoms with Crippen molar-refractivity contribution in [1.29, 1.82) is 0 Å². The highest BCUT2D eigenvalue weighted by atomic mass is 19.4. The largest absolute Gasteiger partial charge is 0.433 e. The highest BCUT2D eigenvalue weighted by molar-refractivity contribution is 5.99. The monoisotopic (exact) mass is 500 g/mol. The van der Waals surface area contributed by atoms with Gasteiger partial charge < -0.3 is 15.4 Å². The molecule has 1 fully saturated rings. The van der Waals surface area contributed by atoms with Crippen molar-refractivity contribution in [2.75, 3.05) is 12.3 Å². The summed E-state index contributed by atoms with van der Waals surface area (Å²) in [6, 6.07) is 4.11. The molecule has 12 heteroatoms. The molecule has 1 amide bonds. The summed E-state index contributed by atoms with van der Waals surface area (Å²) in [5, 5.41) is 0. The molecule has 1 aromatic carbocycles. The molecule has 36 heavy (non-hydrogen) atoms. The average Bonchev–Trinajstić information content (AvgIpc) is 3.32. The molecule has 0 bridgehead atoms. The molecular weight excluding hydrogens is 480 g/mol. The van der Waals surface area contributed by atoms with Gasteiger partial charge >= 0.3 is 6.18 Å². The van der Waals surface area contributed by atoms with Gasteiger partial charge in [0.1, 0.15) is 22.8 Å². The smallest absolute Gasteiger partial charge is 0.382 e. The van der Waals surface area contributed by atoms with Crippen LogP contribution in [0.25, 0.3) is 16.6 Å². The van der Waals surface area contributed by atoms with E-state index in [9.17, 15) is 18.0 Å². The van der Waals surface area contributed by atoms with Crippen molar-refractivity contribution in [3.63, 3.8) is 0 Å². The number of nitrogens with two attached hydrogens (primary N) is 1. The number of amides is 1. The molecule has 6 rings (SSSR count). The Hall–Kier alpha value is -3.80. The fourth-order valence-electron chi connectivity index (χ4n) is 5.24. The van der Waals surface area contributed by atoms with Crippen molar-refractivity contribution >= 4 is 28.3 Å². The van der Waals surface area contributed by atoms with Gasteiger partial charge in [0, 0.05) is 18.2 Å². The van der Waals surface area contributed by atoms with Gasteiger partial charge in [-0.05, 0) is 24.5 Å². The molecule has 0 spiro atoms. The van der Waals surface area contributed by atoms with Crippen LogP contribution in [0.5, 0.6) is 0 Å². The zero-order valence-corrected chi connectivity index (χ0v) is 19.0. The zero-order chi connectivity index (χ0) is 25.4. The van der Waals surface area contributed by atoms with Gasteiger partial charge in [0.05, 0.1) is 53.6 Å². The third-order valence-corrected chi connectivity index (χ3v) is 6.84. The number of nitrogen functional groups attached to an aromatic ring is 1. The molecule has 3 aromatic heterocycles. The number of carbonyl (C=O) groups excluding carboxylic acids is 1. The molecule has 0 saturated carbocycles. The Labute approximate surface area is 201 Å². The quantitative estimate of drug-likeness (QED) is 0.395. The summed E-state index contributed by atoms with van der Waals surface area (Å²) in [6.45, 7) is 2.13. The van der Waals surface area contributed by atoms with Crippen LogP contribution in [0, 0.1) is 11.7 Å². The van der Waals surface area contributed by atoms with Gasteiger partial charge in [-0.3, -0.25) is 9.20 Å². The molecule has 2 N–H and O–H groups in total. The number of likely N-dealkylation sites (tertiary alicyclic amines) is 1. The number of ether oxygens (including phenoxy) is 1. The summed E-state index contributed by atoms with van der Waals surface area (Å²) in [6.07, 6.45) is -1.44. The van der Waals surface area contributed by atoms with E-state index < -0.39 is 35.7 Å². The van der Waals surface area contributed by atoms with Crippen LogP contribution in [0.1, 0.15) is 46.7 Å². The number of hydrogen-bond acceptors (Lipinski definition) is 6. The molecule has 0 radical (unpaired) electrons. The highest BCUT2D eigenvalue weighted by Gasteiger charge is 2.44. The molecule has 8 nitrogen and oxygen atoms in total. The number of aromatic nitrogens is 4. The molecule has 1 saturated heterocycles. The number of rotatable bonds is 1. The lowest BCUT2D eigenvalue weighted by Crippen LogP contribution is -2.51. The number of alkyl halides is 3. The van der Waals surface area contributed by atoms with Crippen LogP contribution in [-0.4, -0.2) is 42.8 Å². The number of pyridine rings is 1. The normalized spacial score (nSPS) is 22.0. The maximum Gasteiger partial charge on any atom is 0.433 e. The van der Waals surface area contributed by atoms with Crippen LogP contribution >= 0.6 is 0 Å². The number of piperidine rings is 1. The van der Waals surface area contributed by atoms with Crippen molar-refractivity contribution < 1.29 is 27.1 Å². The van der Waals surface area contributed by atoms with Gasteiger partial charge in [0.2, 0.25) is 0 Å². The fraction of sp³-hybridized carbons (Fsp3) is 0.333. The van der Waals surface area contributed by atoms with Crippen LogP contribution in [0.15, 0.2) is 36.8 Å². The van der Waals surface area contributed by atoms with E-state index in [0.717, 1.165) is 12.1 Å². The lowest BCUT2D eigenvalue weighted by atomic mass is 9.84. The predicted molar refractivity (Wildman–Crippen MR) is 120 cm³/mol. The lowest BCUT2D eigenvalue weighted by molar-refractivity contribution is -0.141. The number of carbonyl (C=O) groups is 1. The van der Waals surface area contributed by atoms with Crippen LogP contribution in [-0.2, 0) is 17.5 Å². The van der Waals surface area contributed by atoms with Gasteiger partial charge in [0.25, 0.3) is 5.91 Å². The highest BCUT2D eigenvalue weighted by Crippen LogP contribution is 2.42. The van der Waals surface area contributed by atoms with Crippen molar-refractivity contribution in [3.05, 3.63) is 65.1 Å². The SMILES string of the molecule is CC1CC2OCc3nc(C(F)(F)F)ccc3C2N(C(=O)c2cc3c(cc2F)nc(N)c2cncn23)C1. The number of fused-ring (bicyclic) bond motifs is 6. The average molecular weight is 500 g/mol. The zero-order valence-electron chi connectivity index (χ0n) is 19.0. The maximum absolute atomic E-state index is 15.3. The van der Waals surface area contributed by atoms with Gasteiger partial charge in [-0.25, -0.2) is 19.3 Å². The number of imidazole rings is 1. The van der Waals surface area contributed by atoms with Gasteiger partial charge in [-0.1, -0.05) is 13.0 Å². The van der Waals surface area contributed by atoms with E-state index in [1.807, 2.05) is 6.92 Å². The molecular formula is C24H20F4N6O2. The van der Waals surface area contributed by atoms with Crippen LogP contribution in [0.4, 0.5) is 23.4 Å². The molecule has 3 atom stereocenters. The molecule has 4 aromatic rings. The van der Waals surface area contributed by atoms with Crippen LogP contribution < -0.4 is 5.73 Å². The summed E-state index contributed by atoms with van der Waals surface area (Å²) in [5.74, 6) is -1.18.